The minimum Gasteiger partial charge on any atom is -0.277 e. The second-order valence-corrected chi connectivity index (χ2v) is 8.01. The summed E-state index contributed by atoms with van der Waals surface area (Å²) in [6.07, 6.45) is 1.45. The third-order valence-corrected chi connectivity index (χ3v) is 5.72. The number of benzene rings is 2. The lowest BCUT2D eigenvalue weighted by Crippen LogP contribution is -2.24. The molecule has 5 rings (SSSR count). The number of hydrogen-bond donors (Lipinski definition) is 0. The molecular weight excluding hydrogens is 456 g/mol. The van der Waals surface area contributed by atoms with Crippen LogP contribution in [0.2, 0.25) is 5.02 Å². The molecule has 142 valence electrons. The summed E-state index contributed by atoms with van der Waals surface area (Å²) in [5.74, 6) is -0.721. The highest BCUT2D eigenvalue weighted by atomic mass is 79.9. The molecule has 2 amide bonds. The molecule has 8 heteroatoms. The Morgan fingerprint density at radius 2 is 1.66 bits per heavy atom. The summed E-state index contributed by atoms with van der Waals surface area (Å²) in [5, 5.41) is 5.91. The zero-order valence-corrected chi connectivity index (χ0v) is 17.4. The van der Waals surface area contributed by atoms with Crippen LogP contribution in [-0.4, -0.2) is 38.5 Å². The highest BCUT2D eigenvalue weighted by molar-refractivity contribution is 9.10. The van der Waals surface area contributed by atoms with E-state index in [1.165, 1.54) is 13.2 Å². The number of aromatic nitrogens is 3. The maximum Gasteiger partial charge on any atom is 0.262 e. The van der Waals surface area contributed by atoms with Crippen molar-refractivity contribution in [3.8, 4) is 16.9 Å². The number of nitrogens with zero attached hydrogens (tertiary/aromatic N) is 4. The number of imide groups is 1. The normalized spacial score (nSPS) is 13.4. The van der Waals surface area contributed by atoms with E-state index in [1.807, 2.05) is 36.4 Å². The molecule has 6 nitrogen and oxygen atoms in total. The van der Waals surface area contributed by atoms with Crippen molar-refractivity contribution in [2.75, 3.05) is 7.05 Å². The molecule has 1 aliphatic rings. The fraction of sp³-hybridized carbons (Fsp3) is 0.0476. The minimum absolute atomic E-state index is 0.288. The Morgan fingerprint density at radius 3 is 2.34 bits per heavy atom. The molecule has 0 atom stereocenters. The van der Waals surface area contributed by atoms with Crippen molar-refractivity contribution in [2.24, 2.45) is 0 Å². The third-order valence-electron chi connectivity index (χ3n) is 4.94. The molecule has 0 unspecified atom stereocenters. The molecule has 0 N–H and O–H groups in total. The maximum atomic E-state index is 12.9. The average molecular weight is 468 g/mol. The van der Waals surface area contributed by atoms with Crippen LogP contribution in [0.25, 0.3) is 28.0 Å². The van der Waals surface area contributed by atoms with Gasteiger partial charge in [-0.15, -0.1) is 0 Å². The van der Waals surface area contributed by atoms with E-state index in [9.17, 15) is 9.59 Å². The SMILES string of the molecule is CN1C(=O)c2cnc3c(c(-c4ccc(Cl)cc4)nn3-c3ccc(Br)cc3)c2C1=O. The van der Waals surface area contributed by atoms with E-state index in [-0.39, 0.29) is 17.4 Å². The van der Waals surface area contributed by atoms with Gasteiger partial charge in [-0.2, -0.15) is 5.10 Å². The van der Waals surface area contributed by atoms with E-state index in [0.717, 1.165) is 20.6 Å². The van der Waals surface area contributed by atoms with Gasteiger partial charge in [0, 0.05) is 28.3 Å². The molecule has 29 heavy (non-hydrogen) atoms. The summed E-state index contributed by atoms with van der Waals surface area (Å²) >= 11 is 9.47. The first-order valence-electron chi connectivity index (χ1n) is 8.71. The first-order chi connectivity index (χ1) is 14.0. The number of hydrogen-bond acceptors (Lipinski definition) is 4. The van der Waals surface area contributed by atoms with Gasteiger partial charge in [-0.25, -0.2) is 9.67 Å². The van der Waals surface area contributed by atoms with Crippen molar-refractivity contribution < 1.29 is 9.59 Å². The summed E-state index contributed by atoms with van der Waals surface area (Å²) in [6.45, 7) is 0. The predicted molar refractivity (Wildman–Crippen MR) is 113 cm³/mol. The molecule has 2 aromatic carbocycles. The lowest BCUT2D eigenvalue weighted by atomic mass is 10.0. The van der Waals surface area contributed by atoms with E-state index in [4.69, 9.17) is 16.7 Å². The number of amides is 2. The quantitative estimate of drug-likeness (QED) is 0.400. The summed E-state index contributed by atoms with van der Waals surface area (Å²) in [4.78, 5) is 30.9. The molecule has 1 aliphatic heterocycles. The molecule has 0 radical (unpaired) electrons. The molecule has 0 spiro atoms. The molecule has 0 aliphatic carbocycles. The van der Waals surface area contributed by atoms with Crippen molar-refractivity contribution in [2.45, 2.75) is 0 Å². The van der Waals surface area contributed by atoms with Gasteiger partial charge in [-0.05, 0) is 36.4 Å². The Balaban J connectivity index is 1.88. The number of halogens is 2. The van der Waals surface area contributed by atoms with Crippen molar-refractivity contribution in [3.05, 3.63) is 75.4 Å². The van der Waals surface area contributed by atoms with Crippen molar-refractivity contribution in [3.63, 3.8) is 0 Å². The lowest BCUT2D eigenvalue weighted by Gasteiger charge is -2.04. The average Bonchev–Trinajstić information content (AvgIpc) is 3.21. The number of rotatable bonds is 2. The monoisotopic (exact) mass is 466 g/mol. The summed E-state index contributed by atoms with van der Waals surface area (Å²) in [6, 6.07) is 14.8. The maximum absolute atomic E-state index is 12.9. The zero-order chi connectivity index (χ0) is 20.3. The van der Waals surface area contributed by atoms with E-state index < -0.39 is 0 Å². The number of carbonyl (C=O) groups is 2. The van der Waals surface area contributed by atoms with Crippen molar-refractivity contribution in [1.82, 2.24) is 19.7 Å². The van der Waals surface area contributed by atoms with Crippen LogP contribution in [-0.2, 0) is 0 Å². The fourth-order valence-electron chi connectivity index (χ4n) is 3.48. The number of carbonyl (C=O) groups excluding carboxylic acids is 2. The van der Waals surface area contributed by atoms with Gasteiger partial charge in [0.05, 0.1) is 22.2 Å². The summed E-state index contributed by atoms with van der Waals surface area (Å²) in [5.41, 5.74) is 3.26. The Morgan fingerprint density at radius 1 is 0.966 bits per heavy atom. The van der Waals surface area contributed by atoms with Crippen LogP contribution in [0.4, 0.5) is 0 Å². The molecule has 0 bridgehead atoms. The largest absolute Gasteiger partial charge is 0.277 e. The summed E-state index contributed by atoms with van der Waals surface area (Å²) in [7, 11) is 1.47. The van der Waals surface area contributed by atoms with Crippen LogP contribution in [0.5, 0.6) is 0 Å². The second-order valence-electron chi connectivity index (χ2n) is 6.66. The van der Waals surface area contributed by atoms with Crippen LogP contribution >= 0.6 is 27.5 Å². The van der Waals surface area contributed by atoms with Crippen LogP contribution in [0.3, 0.4) is 0 Å². The highest BCUT2D eigenvalue weighted by Crippen LogP contribution is 2.36. The molecular formula is C21H12BrClN4O2. The van der Waals surface area contributed by atoms with E-state index >= 15 is 0 Å². The fourth-order valence-corrected chi connectivity index (χ4v) is 3.87. The number of fused-ring (bicyclic) bond motifs is 3. The van der Waals surface area contributed by atoms with Gasteiger partial charge in [0.25, 0.3) is 11.8 Å². The van der Waals surface area contributed by atoms with E-state index in [2.05, 4.69) is 20.9 Å². The standard InChI is InChI=1S/C21H12BrClN4O2/c1-26-20(28)15-10-24-19-17(16(15)21(26)29)18(11-2-6-13(23)7-3-11)25-27(19)14-8-4-12(22)5-9-14/h2-10H,1H3. The molecule has 3 heterocycles. The van der Waals surface area contributed by atoms with Gasteiger partial charge in [-0.3, -0.25) is 14.5 Å². The van der Waals surface area contributed by atoms with Gasteiger partial charge in [0.2, 0.25) is 0 Å². The Bertz CT molecular complexity index is 1310. The molecule has 2 aromatic heterocycles. The van der Waals surface area contributed by atoms with Crippen molar-refractivity contribution in [1.29, 1.82) is 0 Å². The predicted octanol–water partition coefficient (Wildman–Crippen LogP) is 4.73. The van der Waals surface area contributed by atoms with Gasteiger partial charge in [-0.1, -0.05) is 39.7 Å². The molecule has 0 saturated carbocycles. The molecule has 0 saturated heterocycles. The number of pyridine rings is 1. The van der Waals surface area contributed by atoms with Gasteiger partial charge in [0.1, 0.15) is 5.69 Å². The zero-order valence-electron chi connectivity index (χ0n) is 15.1. The van der Waals surface area contributed by atoms with Crippen LogP contribution in [0.1, 0.15) is 20.7 Å². The molecule has 0 fully saturated rings. The van der Waals surface area contributed by atoms with Gasteiger partial charge < -0.3 is 0 Å². The Hall–Kier alpha value is -3.03. The second kappa shape index (κ2) is 6.50. The van der Waals surface area contributed by atoms with Crippen molar-refractivity contribution >= 4 is 50.4 Å². The summed E-state index contributed by atoms with van der Waals surface area (Å²) < 4.78 is 2.62. The van der Waals surface area contributed by atoms with Gasteiger partial charge >= 0.3 is 0 Å². The van der Waals surface area contributed by atoms with Gasteiger partial charge in [0.15, 0.2) is 5.65 Å². The topological polar surface area (TPSA) is 68.1 Å². The highest BCUT2D eigenvalue weighted by Gasteiger charge is 2.37. The van der Waals surface area contributed by atoms with Crippen LogP contribution in [0.15, 0.2) is 59.2 Å². The lowest BCUT2D eigenvalue weighted by molar-refractivity contribution is 0.0693. The Labute approximate surface area is 178 Å². The molecule has 4 aromatic rings. The smallest absolute Gasteiger partial charge is 0.262 e. The van der Waals surface area contributed by atoms with E-state index in [0.29, 0.717) is 27.3 Å². The minimum atomic E-state index is -0.363. The van der Waals surface area contributed by atoms with Crippen LogP contribution in [0, 0.1) is 0 Å². The third kappa shape index (κ3) is 2.69. The Kier molecular flexibility index (Phi) is 4.04. The first kappa shape index (κ1) is 18.0. The first-order valence-corrected chi connectivity index (χ1v) is 9.89. The van der Waals surface area contributed by atoms with Crippen LogP contribution < -0.4 is 0 Å². The van der Waals surface area contributed by atoms with E-state index in [1.54, 1.807) is 16.8 Å².